The highest BCUT2D eigenvalue weighted by Gasteiger charge is 2.40. The molecule has 4 rings (SSSR count). The van der Waals surface area contributed by atoms with Crippen molar-refractivity contribution in [3.05, 3.63) is 126 Å². The second-order valence-corrected chi connectivity index (χ2v) is 6.34. The van der Waals surface area contributed by atoms with Crippen molar-refractivity contribution in [2.75, 3.05) is 0 Å². The highest BCUT2D eigenvalue weighted by atomic mass is 19.1. The molecule has 0 saturated heterocycles. The first-order valence-electron chi connectivity index (χ1n) is 8.78. The Bertz CT molecular complexity index is 918. The average Bonchev–Trinajstić information content (AvgIpc) is 3.12. The Morgan fingerprint density at radius 3 is 1.48 bits per heavy atom. The summed E-state index contributed by atoms with van der Waals surface area (Å²) in [4.78, 5) is 3.92. The third kappa shape index (κ3) is 2.84. The molecule has 1 N–H and O–H groups in total. The molecule has 134 valence electrons. The Morgan fingerprint density at radius 1 is 0.741 bits per heavy atom. The first-order valence-corrected chi connectivity index (χ1v) is 8.78. The van der Waals surface area contributed by atoms with Crippen molar-refractivity contribution in [1.29, 1.82) is 0 Å². The van der Waals surface area contributed by atoms with E-state index in [9.17, 15) is 5.11 Å². The largest absolute Gasteiger partial charge is 0.390 e. The fraction of sp³-hybridized carbons (Fsp3) is 0.0870. The molecule has 0 radical (unpaired) electrons. The molecule has 0 amide bonds. The van der Waals surface area contributed by atoms with Crippen LogP contribution in [0.1, 0.15) is 22.4 Å². The van der Waals surface area contributed by atoms with E-state index in [-0.39, 0.29) is 6.61 Å². The number of rotatable bonds is 5. The summed E-state index contributed by atoms with van der Waals surface area (Å²) < 4.78 is 16.6. The first-order chi connectivity index (χ1) is 13.3. The fourth-order valence-electron chi connectivity index (χ4n) is 3.67. The number of imidazole rings is 1. The Morgan fingerprint density at radius 2 is 1.15 bits per heavy atom. The number of benzene rings is 3. The fourth-order valence-corrected chi connectivity index (χ4v) is 3.67. The van der Waals surface area contributed by atoms with E-state index in [1.807, 2.05) is 91.0 Å². The van der Waals surface area contributed by atoms with Crippen molar-refractivity contribution in [2.45, 2.75) is 12.1 Å². The van der Waals surface area contributed by atoms with Gasteiger partial charge in [0.1, 0.15) is 5.54 Å². The predicted octanol–water partition coefficient (Wildman–Crippen LogP) is 4.35. The maximum absolute atomic E-state index is 15.1. The predicted molar refractivity (Wildman–Crippen MR) is 103 cm³/mol. The molecule has 0 unspecified atom stereocenters. The van der Waals surface area contributed by atoms with E-state index in [2.05, 4.69) is 4.98 Å². The summed E-state index contributed by atoms with van der Waals surface area (Å²) in [5, 5.41) is 9.51. The van der Waals surface area contributed by atoms with Crippen LogP contribution < -0.4 is 0 Å². The van der Waals surface area contributed by atoms with E-state index in [0.29, 0.717) is 5.69 Å². The second-order valence-electron chi connectivity index (χ2n) is 6.34. The van der Waals surface area contributed by atoms with Gasteiger partial charge in [0.25, 0.3) is 6.08 Å². The van der Waals surface area contributed by atoms with Crippen LogP contribution in [0.4, 0.5) is 4.39 Å². The van der Waals surface area contributed by atoms with Gasteiger partial charge in [-0.15, -0.1) is 0 Å². The van der Waals surface area contributed by atoms with Gasteiger partial charge < -0.3 is 5.11 Å². The SMILES string of the molecule is OCc1cn(C(c2ccccc2)(c2ccccc2)c2ccccc2)c(F)n1. The molecule has 4 heteroatoms. The number of halogens is 1. The quantitative estimate of drug-likeness (QED) is 0.539. The molecule has 4 aromatic rings. The molecule has 0 aliphatic rings. The van der Waals surface area contributed by atoms with Crippen LogP contribution in [-0.4, -0.2) is 14.7 Å². The second kappa shape index (κ2) is 7.17. The average molecular weight is 358 g/mol. The Balaban J connectivity index is 2.14. The molecular formula is C23H19FN2O. The summed E-state index contributed by atoms with van der Waals surface area (Å²) in [5.74, 6) is 0. The van der Waals surface area contributed by atoms with Crippen LogP contribution in [-0.2, 0) is 12.1 Å². The topological polar surface area (TPSA) is 38.0 Å². The van der Waals surface area contributed by atoms with Gasteiger partial charge in [-0.2, -0.15) is 4.39 Å². The molecule has 3 nitrogen and oxygen atoms in total. The molecule has 27 heavy (non-hydrogen) atoms. The monoisotopic (exact) mass is 358 g/mol. The number of aliphatic hydroxyl groups excluding tert-OH is 1. The number of hydrogen-bond donors (Lipinski definition) is 1. The van der Waals surface area contributed by atoms with Gasteiger partial charge >= 0.3 is 0 Å². The molecule has 3 aromatic carbocycles. The highest BCUT2D eigenvalue weighted by molar-refractivity contribution is 5.50. The molecule has 0 spiro atoms. The molecule has 0 aliphatic carbocycles. The van der Waals surface area contributed by atoms with E-state index < -0.39 is 11.6 Å². The highest BCUT2D eigenvalue weighted by Crippen LogP contribution is 2.41. The minimum Gasteiger partial charge on any atom is -0.390 e. The minimum atomic E-state index is -0.950. The summed E-state index contributed by atoms with van der Waals surface area (Å²) in [6.07, 6.45) is 0.943. The van der Waals surface area contributed by atoms with Crippen LogP contribution in [0, 0.1) is 6.08 Å². The minimum absolute atomic E-state index is 0.291. The summed E-state index contributed by atoms with van der Waals surface area (Å²) in [7, 11) is 0. The van der Waals surface area contributed by atoms with Crippen LogP contribution in [0.15, 0.2) is 97.2 Å². The van der Waals surface area contributed by atoms with Crippen LogP contribution >= 0.6 is 0 Å². The van der Waals surface area contributed by atoms with Crippen molar-refractivity contribution < 1.29 is 9.50 Å². The van der Waals surface area contributed by atoms with Crippen molar-refractivity contribution in [2.24, 2.45) is 0 Å². The smallest absolute Gasteiger partial charge is 0.290 e. The van der Waals surface area contributed by atoms with Crippen molar-refractivity contribution in [3.8, 4) is 0 Å². The van der Waals surface area contributed by atoms with Gasteiger partial charge in [0.05, 0.1) is 12.3 Å². The third-order valence-corrected chi connectivity index (χ3v) is 4.81. The molecular weight excluding hydrogens is 339 g/mol. The molecule has 0 bridgehead atoms. The standard InChI is InChI=1S/C23H19FN2O/c24-22-25-21(17-27)16-26(22)23(18-10-4-1-5-11-18,19-12-6-2-7-13-19)20-14-8-3-9-15-20/h1-16,27H,17H2. The maximum Gasteiger partial charge on any atom is 0.290 e. The van der Waals surface area contributed by atoms with Crippen molar-refractivity contribution in [1.82, 2.24) is 9.55 Å². The zero-order valence-electron chi connectivity index (χ0n) is 14.7. The van der Waals surface area contributed by atoms with Crippen LogP contribution in [0.5, 0.6) is 0 Å². The lowest BCUT2D eigenvalue weighted by Crippen LogP contribution is -2.38. The first kappa shape index (κ1) is 17.2. The zero-order valence-corrected chi connectivity index (χ0v) is 14.7. The Kier molecular flexibility index (Phi) is 4.57. The van der Waals surface area contributed by atoms with Gasteiger partial charge in [0.2, 0.25) is 0 Å². The van der Waals surface area contributed by atoms with E-state index in [0.717, 1.165) is 16.7 Å². The van der Waals surface area contributed by atoms with Gasteiger partial charge in [-0.3, -0.25) is 4.57 Å². The lowest BCUT2D eigenvalue weighted by Gasteiger charge is -2.37. The van der Waals surface area contributed by atoms with Crippen molar-refractivity contribution in [3.63, 3.8) is 0 Å². The lowest BCUT2D eigenvalue weighted by molar-refractivity contribution is 0.276. The van der Waals surface area contributed by atoms with Crippen LogP contribution in [0.25, 0.3) is 0 Å². The van der Waals surface area contributed by atoms with Crippen LogP contribution in [0.3, 0.4) is 0 Å². The van der Waals surface area contributed by atoms with Gasteiger partial charge in [0, 0.05) is 6.20 Å². The van der Waals surface area contributed by atoms with Crippen molar-refractivity contribution >= 4 is 0 Å². The molecule has 1 heterocycles. The lowest BCUT2D eigenvalue weighted by atomic mass is 9.76. The number of aliphatic hydroxyl groups is 1. The van der Waals surface area contributed by atoms with E-state index in [1.54, 1.807) is 6.20 Å². The van der Waals surface area contributed by atoms with Gasteiger partial charge in [-0.25, -0.2) is 4.98 Å². The number of hydrogen-bond acceptors (Lipinski definition) is 2. The third-order valence-electron chi connectivity index (χ3n) is 4.81. The molecule has 0 atom stereocenters. The van der Waals surface area contributed by atoms with Gasteiger partial charge in [-0.05, 0) is 16.7 Å². The van der Waals surface area contributed by atoms with E-state index in [4.69, 9.17) is 0 Å². The Labute approximate surface area is 157 Å². The van der Waals surface area contributed by atoms with E-state index in [1.165, 1.54) is 4.57 Å². The molecule has 0 saturated carbocycles. The van der Waals surface area contributed by atoms with Gasteiger partial charge in [0.15, 0.2) is 0 Å². The summed E-state index contributed by atoms with van der Waals surface area (Å²) in [6, 6.07) is 29.4. The molecule has 0 fully saturated rings. The maximum atomic E-state index is 15.1. The molecule has 0 aliphatic heterocycles. The zero-order chi connectivity index (χ0) is 18.7. The Hall–Kier alpha value is -3.24. The van der Waals surface area contributed by atoms with Gasteiger partial charge in [-0.1, -0.05) is 91.0 Å². The molecule has 1 aromatic heterocycles. The summed E-state index contributed by atoms with van der Waals surface area (Å²) in [5.41, 5.74) is 2.06. The normalized spacial score (nSPS) is 11.5. The van der Waals surface area contributed by atoms with Crippen LogP contribution in [0.2, 0.25) is 0 Å². The summed E-state index contributed by atoms with van der Waals surface area (Å²) >= 11 is 0. The van der Waals surface area contributed by atoms with E-state index >= 15 is 4.39 Å². The summed E-state index contributed by atoms with van der Waals surface area (Å²) in [6.45, 7) is -0.321. The number of nitrogens with zero attached hydrogens (tertiary/aromatic N) is 2. The number of aromatic nitrogens is 2.